The Hall–Kier alpha value is -3.61. The molecule has 1 aliphatic rings. The highest BCUT2D eigenvalue weighted by Gasteiger charge is 2.25. The van der Waals surface area contributed by atoms with E-state index in [1.54, 1.807) is 37.3 Å². The Kier molecular flexibility index (Phi) is 5.75. The Labute approximate surface area is 181 Å². The summed E-state index contributed by atoms with van der Waals surface area (Å²) in [5.74, 6) is 1.30. The minimum atomic E-state index is -0.0439. The van der Waals surface area contributed by atoms with E-state index in [0.717, 1.165) is 12.0 Å². The molecule has 0 radical (unpaired) electrons. The Morgan fingerprint density at radius 1 is 1.10 bits per heavy atom. The zero-order valence-electron chi connectivity index (χ0n) is 18.1. The van der Waals surface area contributed by atoms with E-state index in [-0.39, 0.29) is 11.8 Å². The molecule has 31 heavy (non-hydrogen) atoms. The monoisotopic (exact) mass is 415 g/mol. The topological polar surface area (TPSA) is 85.0 Å². The second-order valence-electron chi connectivity index (χ2n) is 7.78. The molecule has 7 heteroatoms. The van der Waals surface area contributed by atoms with Gasteiger partial charge in [0.25, 0.3) is 11.8 Å². The van der Waals surface area contributed by atoms with Gasteiger partial charge in [-0.15, -0.1) is 10.2 Å². The first-order valence-electron chi connectivity index (χ1n) is 10.3. The van der Waals surface area contributed by atoms with Crippen molar-refractivity contribution in [3.8, 4) is 22.8 Å². The van der Waals surface area contributed by atoms with Gasteiger partial charge in [0.1, 0.15) is 5.69 Å². The molecule has 2 atom stereocenters. The van der Waals surface area contributed by atoms with Crippen molar-refractivity contribution in [2.45, 2.75) is 26.2 Å². The quantitative estimate of drug-likeness (QED) is 0.612. The summed E-state index contributed by atoms with van der Waals surface area (Å²) in [6.45, 7) is 4.02. The number of aryl methyl sites for hydroxylation is 1. The van der Waals surface area contributed by atoms with E-state index < -0.39 is 0 Å². The number of hydrogen-bond acceptors (Lipinski definition) is 6. The molecule has 0 N–H and O–H groups in total. The van der Waals surface area contributed by atoms with Crippen LogP contribution in [0.15, 0.2) is 59.2 Å². The molecule has 1 amide bonds. The number of allylic oxidation sites excluding steroid dienone is 4. The first kappa shape index (κ1) is 20.7. The van der Waals surface area contributed by atoms with E-state index in [1.807, 2.05) is 25.1 Å². The van der Waals surface area contributed by atoms with Crippen molar-refractivity contribution in [3.05, 3.63) is 71.9 Å². The number of nitrogens with zero attached hydrogens (tertiary/aromatic N) is 5. The molecular formula is C24H25N5O2. The molecule has 0 spiro atoms. The molecule has 0 fully saturated rings. The summed E-state index contributed by atoms with van der Waals surface area (Å²) in [5.41, 5.74) is 3.43. The number of hydrogen-bond donors (Lipinski definition) is 0. The molecule has 2 heterocycles. The summed E-state index contributed by atoms with van der Waals surface area (Å²) in [4.78, 5) is 22.9. The zero-order valence-corrected chi connectivity index (χ0v) is 18.1. The summed E-state index contributed by atoms with van der Waals surface area (Å²) in [6.07, 6.45) is 11.0. The standard InChI is InChI=1S/C24H25N5O2/c1-5-16-8-6-7-9-19(16)22-27-28-23(31-22)21-15(2)25-14-20(26-21)17-10-12-18(13-11-17)24(30)29(3)4/h6-14,16,19H,5H2,1-4H3. The van der Waals surface area contributed by atoms with Gasteiger partial charge in [0.2, 0.25) is 5.89 Å². The van der Waals surface area contributed by atoms with Crippen LogP contribution in [-0.2, 0) is 0 Å². The molecule has 158 valence electrons. The third-order valence-corrected chi connectivity index (χ3v) is 5.44. The molecule has 3 aromatic rings. The molecule has 7 nitrogen and oxygen atoms in total. The maximum absolute atomic E-state index is 12.1. The van der Waals surface area contributed by atoms with Gasteiger partial charge in [-0.3, -0.25) is 9.78 Å². The second-order valence-corrected chi connectivity index (χ2v) is 7.78. The van der Waals surface area contributed by atoms with Crippen LogP contribution in [0.5, 0.6) is 0 Å². The molecule has 0 saturated carbocycles. The molecular weight excluding hydrogens is 390 g/mol. The van der Waals surface area contributed by atoms with E-state index >= 15 is 0 Å². The van der Waals surface area contributed by atoms with Crippen LogP contribution in [0.25, 0.3) is 22.8 Å². The summed E-state index contributed by atoms with van der Waals surface area (Å²) < 4.78 is 6.03. The Morgan fingerprint density at radius 3 is 2.55 bits per heavy atom. The van der Waals surface area contributed by atoms with Crippen molar-refractivity contribution >= 4 is 5.91 Å². The summed E-state index contributed by atoms with van der Waals surface area (Å²) in [5, 5.41) is 8.55. The lowest BCUT2D eigenvalue weighted by atomic mass is 9.86. The summed E-state index contributed by atoms with van der Waals surface area (Å²) >= 11 is 0. The molecule has 2 unspecified atom stereocenters. The van der Waals surface area contributed by atoms with Crippen LogP contribution >= 0.6 is 0 Å². The van der Waals surface area contributed by atoms with Gasteiger partial charge in [-0.05, 0) is 31.4 Å². The van der Waals surface area contributed by atoms with E-state index in [1.165, 1.54) is 0 Å². The normalized spacial score (nSPS) is 17.7. The molecule has 1 aliphatic carbocycles. The van der Waals surface area contributed by atoms with E-state index in [4.69, 9.17) is 9.40 Å². The molecule has 0 aliphatic heterocycles. The SMILES string of the molecule is CCC1C=CC=CC1c1nnc(-c2nc(-c3ccc(C(=O)N(C)C)cc3)cnc2C)o1. The second kappa shape index (κ2) is 8.63. The maximum Gasteiger partial charge on any atom is 0.268 e. The van der Waals surface area contributed by atoms with Crippen LogP contribution in [0.1, 0.15) is 41.2 Å². The average molecular weight is 415 g/mol. The lowest BCUT2D eigenvalue weighted by molar-refractivity contribution is 0.0827. The fraction of sp³-hybridized carbons (Fsp3) is 0.292. The third-order valence-electron chi connectivity index (χ3n) is 5.44. The Balaban J connectivity index is 1.63. The number of carbonyl (C=O) groups excluding carboxylic acids is 1. The zero-order chi connectivity index (χ0) is 22.0. The average Bonchev–Trinajstić information content (AvgIpc) is 3.29. The van der Waals surface area contributed by atoms with Crippen molar-refractivity contribution < 1.29 is 9.21 Å². The van der Waals surface area contributed by atoms with Gasteiger partial charge in [-0.25, -0.2) is 4.98 Å². The van der Waals surface area contributed by atoms with Gasteiger partial charge in [-0.1, -0.05) is 43.4 Å². The Bertz CT molecular complexity index is 1150. The van der Waals surface area contributed by atoms with Gasteiger partial charge in [0.05, 0.1) is 23.5 Å². The number of amides is 1. The number of aromatic nitrogens is 4. The molecule has 0 bridgehead atoms. The lowest BCUT2D eigenvalue weighted by Crippen LogP contribution is -2.21. The molecule has 4 rings (SSSR count). The molecule has 0 saturated heterocycles. The number of benzene rings is 1. The highest BCUT2D eigenvalue weighted by molar-refractivity contribution is 5.94. The molecule has 2 aromatic heterocycles. The first-order valence-corrected chi connectivity index (χ1v) is 10.3. The van der Waals surface area contributed by atoms with Crippen LogP contribution in [-0.4, -0.2) is 45.1 Å². The van der Waals surface area contributed by atoms with Crippen molar-refractivity contribution in [1.82, 2.24) is 25.1 Å². The van der Waals surface area contributed by atoms with Crippen LogP contribution in [0.2, 0.25) is 0 Å². The fourth-order valence-corrected chi connectivity index (χ4v) is 3.61. The van der Waals surface area contributed by atoms with Gasteiger partial charge < -0.3 is 9.32 Å². The van der Waals surface area contributed by atoms with Gasteiger partial charge >= 0.3 is 0 Å². The Morgan fingerprint density at radius 2 is 1.84 bits per heavy atom. The van der Waals surface area contributed by atoms with Crippen molar-refractivity contribution in [1.29, 1.82) is 0 Å². The minimum Gasteiger partial charge on any atom is -0.419 e. The van der Waals surface area contributed by atoms with Crippen molar-refractivity contribution in [3.63, 3.8) is 0 Å². The van der Waals surface area contributed by atoms with E-state index in [0.29, 0.717) is 40.3 Å². The highest BCUT2D eigenvalue weighted by Crippen LogP contribution is 2.33. The van der Waals surface area contributed by atoms with E-state index in [9.17, 15) is 4.79 Å². The first-order chi connectivity index (χ1) is 15.0. The summed E-state index contributed by atoms with van der Waals surface area (Å²) in [7, 11) is 3.46. The van der Waals surface area contributed by atoms with E-state index in [2.05, 4.69) is 40.3 Å². The minimum absolute atomic E-state index is 0.0439. The fourth-order valence-electron chi connectivity index (χ4n) is 3.61. The number of rotatable bonds is 5. The largest absolute Gasteiger partial charge is 0.419 e. The van der Waals surface area contributed by atoms with Crippen molar-refractivity contribution in [2.75, 3.05) is 14.1 Å². The summed E-state index contributed by atoms with van der Waals surface area (Å²) in [6, 6.07) is 7.31. The van der Waals surface area contributed by atoms with Crippen LogP contribution in [0.3, 0.4) is 0 Å². The van der Waals surface area contributed by atoms with Crippen LogP contribution in [0, 0.1) is 12.8 Å². The predicted octanol–water partition coefficient (Wildman–Crippen LogP) is 4.44. The number of carbonyl (C=O) groups is 1. The predicted molar refractivity (Wildman–Crippen MR) is 118 cm³/mol. The smallest absolute Gasteiger partial charge is 0.268 e. The van der Waals surface area contributed by atoms with Crippen molar-refractivity contribution in [2.24, 2.45) is 5.92 Å². The molecule has 1 aromatic carbocycles. The maximum atomic E-state index is 12.1. The van der Waals surface area contributed by atoms with Gasteiger partial charge in [0.15, 0.2) is 0 Å². The van der Waals surface area contributed by atoms with Gasteiger partial charge in [-0.2, -0.15) is 0 Å². The third kappa shape index (κ3) is 4.17. The highest BCUT2D eigenvalue weighted by atomic mass is 16.4. The van der Waals surface area contributed by atoms with Gasteiger partial charge in [0, 0.05) is 25.2 Å². The lowest BCUT2D eigenvalue weighted by Gasteiger charge is -2.19. The van der Waals surface area contributed by atoms with Crippen LogP contribution in [0.4, 0.5) is 0 Å². The van der Waals surface area contributed by atoms with Crippen LogP contribution < -0.4 is 0 Å².